The van der Waals surface area contributed by atoms with Gasteiger partial charge in [-0.1, -0.05) is 46.4 Å². The van der Waals surface area contributed by atoms with E-state index in [1.807, 2.05) is 0 Å². The minimum absolute atomic E-state index is 0.226. The first kappa shape index (κ1) is 31.3. The van der Waals surface area contributed by atoms with Crippen LogP contribution in [0.15, 0.2) is 36.4 Å². The van der Waals surface area contributed by atoms with Gasteiger partial charge in [-0.3, -0.25) is 0 Å². The van der Waals surface area contributed by atoms with E-state index < -0.39 is 11.9 Å². The molecule has 0 aliphatic rings. The highest BCUT2D eigenvalue weighted by Gasteiger charge is 2.09. The fourth-order valence-electron chi connectivity index (χ4n) is 2.70. The Morgan fingerprint density at radius 2 is 0.946 bits per heavy atom. The maximum atomic E-state index is 11.7. The van der Waals surface area contributed by atoms with Crippen molar-refractivity contribution in [2.24, 2.45) is 0 Å². The van der Waals surface area contributed by atoms with E-state index in [0.717, 1.165) is 0 Å². The molecule has 0 spiro atoms. The van der Waals surface area contributed by atoms with E-state index in [2.05, 4.69) is 0 Å². The van der Waals surface area contributed by atoms with Gasteiger partial charge in [0.05, 0.1) is 23.3 Å². The monoisotopic (exact) mass is 596 g/mol. The summed E-state index contributed by atoms with van der Waals surface area (Å²) in [7, 11) is 0. The zero-order chi connectivity index (χ0) is 26.9. The van der Waals surface area contributed by atoms with Gasteiger partial charge in [0, 0.05) is 49.3 Å². The summed E-state index contributed by atoms with van der Waals surface area (Å²) in [4.78, 5) is 23.4. The second kappa shape index (κ2) is 18.3. The molecule has 0 aliphatic heterocycles. The van der Waals surface area contributed by atoms with Crippen molar-refractivity contribution in [2.75, 3.05) is 52.9 Å². The molecule has 0 unspecified atom stereocenters. The van der Waals surface area contributed by atoms with Crippen LogP contribution >= 0.6 is 46.4 Å². The van der Waals surface area contributed by atoms with E-state index in [1.54, 1.807) is 24.3 Å². The van der Waals surface area contributed by atoms with Gasteiger partial charge < -0.3 is 28.4 Å². The first-order valence-electron chi connectivity index (χ1n) is 11.5. The third kappa shape index (κ3) is 14.0. The van der Waals surface area contributed by atoms with E-state index in [0.29, 0.717) is 77.3 Å². The number of carbonyl (C=O) groups is 2. The third-order valence-electron chi connectivity index (χ3n) is 4.45. The maximum absolute atomic E-state index is 11.7. The van der Waals surface area contributed by atoms with Gasteiger partial charge in [-0.05, 0) is 42.8 Å². The Kier molecular flexibility index (Phi) is 15.5. The summed E-state index contributed by atoms with van der Waals surface area (Å²) in [6.07, 6.45) is 1.84. The van der Waals surface area contributed by atoms with Crippen LogP contribution in [0, 0.1) is 0 Å². The van der Waals surface area contributed by atoms with Crippen molar-refractivity contribution in [1.82, 2.24) is 0 Å². The van der Waals surface area contributed by atoms with Crippen LogP contribution in [-0.4, -0.2) is 64.8 Å². The zero-order valence-corrected chi connectivity index (χ0v) is 23.0. The summed E-state index contributed by atoms with van der Waals surface area (Å²) in [6, 6.07) is 9.47. The lowest BCUT2D eigenvalue weighted by atomic mass is 10.3. The number of halogens is 4. The van der Waals surface area contributed by atoms with Crippen LogP contribution in [0.2, 0.25) is 20.1 Å². The largest absolute Gasteiger partial charge is 0.480 e. The van der Waals surface area contributed by atoms with Crippen LogP contribution in [0.1, 0.15) is 19.3 Å². The smallest absolute Gasteiger partial charge is 0.344 e. The van der Waals surface area contributed by atoms with Gasteiger partial charge in [0.2, 0.25) is 0 Å². The van der Waals surface area contributed by atoms with Crippen LogP contribution < -0.4 is 9.47 Å². The molecule has 0 bridgehead atoms. The van der Waals surface area contributed by atoms with E-state index in [-0.39, 0.29) is 26.4 Å². The van der Waals surface area contributed by atoms with Crippen molar-refractivity contribution in [2.45, 2.75) is 19.3 Å². The highest BCUT2D eigenvalue weighted by Crippen LogP contribution is 2.28. The molecular weight excluding hydrogens is 570 g/mol. The summed E-state index contributed by atoms with van der Waals surface area (Å²) in [6.45, 7) is 1.91. The van der Waals surface area contributed by atoms with Crippen LogP contribution in [0.3, 0.4) is 0 Å². The SMILES string of the molecule is O=C(COc1ccc(Cl)cc1Cl)OCCCOCCCOCCCOC(=O)COc1ccc(Cl)cc1Cl. The lowest BCUT2D eigenvalue weighted by molar-refractivity contribution is -0.147. The number of hydrogen-bond acceptors (Lipinski definition) is 8. The molecular formula is C25H28Cl4O8. The second-order valence-electron chi connectivity index (χ2n) is 7.45. The van der Waals surface area contributed by atoms with Gasteiger partial charge in [0.15, 0.2) is 13.2 Å². The molecule has 0 saturated heterocycles. The molecule has 0 atom stereocenters. The van der Waals surface area contributed by atoms with Gasteiger partial charge >= 0.3 is 11.9 Å². The normalized spacial score (nSPS) is 10.7. The first-order chi connectivity index (χ1) is 17.8. The highest BCUT2D eigenvalue weighted by molar-refractivity contribution is 6.36. The maximum Gasteiger partial charge on any atom is 0.344 e. The average molecular weight is 598 g/mol. The molecule has 0 saturated carbocycles. The molecule has 0 aromatic heterocycles. The molecule has 37 heavy (non-hydrogen) atoms. The lowest BCUT2D eigenvalue weighted by Crippen LogP contribution is -2.16. The molecule has 0 fully saturated rings. The fraction of sp³-hybridized carbons (Fsp3) is 0.440. The minimum atomic E-state index is -0.497. The number of rotatable bonds is 18. The van der Waals surface area contributed by atoms with Gasteiger partial charge in [-0.15, -0.1) is 0 Å². The summed E-state index contributed by atoms with van der Waals surface area (Å²) in [5, 5.41) is 1.61. The number of benzene rings is 2. The average Bonchev–Trinajstić information content (AvgIpc) is 2.85. The van der Waals surface area contributed by atoms with E-state index in [9.17, 15) is 9.59 Å². The Balaban J connectivity index is 1.35. The summed E-state index contributed by atoms with van der Waals surface area (Å²) < 4.78 is 31.7. The molecule has 0 amide bonds. The summed E-state index contributed by atoms with van der Waals surface area (Å²) >= 11 is 23.6. The van der Waals surface area contributed by atoms with Crippen LogP contribution in [0.4, 0.5) is 0 Å². The topological polar surface area (TPSA) is 89.5 Å². The van der Waals surface area contributed by atoms with Gasteiger partial charge in [-0.2, -0.15) is 0 Å². The molecule has 0 heterocycles. The number of ether oxygens (including phenoxy) is 6. The van der Waals surface area contributed by atoms with Crippen LogP contribution in [0.5, 0.6) is 11.5 Å². The molecule has 0 radical (unpaired) electrons. The summed E-state index contributed by atoms with van der Waals surface area (Å²) in [5.74, 6) is -0.271. The molecule has 2 aromatic carbocycles. The first-order valence-corrected chi connectivity index (χ1v) is 13.0. The Morgan fingerprint density at radius 3 is 1.32 bits per heavy atom. The molecule has 12 heteroatoms. The Morgan fingerprint density at radius 1 is 0.568 bits per heavy atom. The summed E-state index contributed by atoms with van der Waals surface area (Å²) in [5.41, 5.74) is 0. The molecule has 8 nitrogen and oxygen atoms in total. The highest BCUT2D eigenvalue weighted by atomic mass is 35.5. The lowest BCUT2D eigenvalue weighted by Gasteiger charge is -2.09. The quantitative estimate of drug-likeness (QED) is 0.152. The molecule has 0 N–H and O–H groups in total. The Bertz CT molecular complexity index is 912. The van der Waals surface area contributed by atoms with Gasteiger partial charge in [-0.25, -0.2) is 9.59 Å². The van der Waals surface area contributed by atoms with Crippen molar-refractivity contribution in [3.05, 3.63) is 56.5 Å². The number of carbonyl (C=O) groups excluding carboxylic acids is 2. The Hall–Kier alpha value is -1.94. The standard InChI is InChI=1S/C25H28Cl4O8/c26-18-4-6-22(20(28)14-18)36-16-24(30)34-12-2-10-32-8-1-9-33-11-3-13-35-25(31)17-37-23-7-5-19(27)15-21(23)29/h4-7,14-15H,1-3,8-13,16-17H2. The third-order valence-corrected chi connectivity index (χ3v) is 5.51. The predicted octanol–water partition coefficient (Wildman–Crippen LogP) is 6.05. The molecule has 2 aromatic rings. The van der Waals surface area contributed by atoms with E-state index in [1.165, 1.54) is 12.1 Å². The van der Waals surface area contributed by atoms with Crippen LogP contribution in [-0.2, 0) is 28.5 Å². The van der Waals surface area contributed by atoms with Crippen molar-refractivity contribution in [1.29, 1.82) is 0 Å². The van der Waals surface area contributed by atoms with Crippen LogP contribution in [0.25, 0.3) is 0 Å². The van der Waals surface area contributed by atoms with Crippen molar-refractivity contribution in [3.8, 4) is 11.5 Å². The fourth-order valence-corrected chi connectivity index (χ4v) is 3.63. The predicted molar refractivity (Wildman–Crippen MR) is 141 cm³/mol. The molecule has 0 aliphatic carbocycles. The van der Waals surface area contributed by atoms with E-state index >= 15 is 0 Å². The second-order valence-corrected chi connectivity index (χ2v) is 9.14. The zero-order valence-electron chi connectivity index (χ0n) is 20.0. The van der Waals surface area contributed by atoms with E-state index in [4.69, 9.17) is 74.8 Å². The Labute approximate surface area is 235 Å². The number of hydrogen-bond donors (Lipinski definition) is 0. The van der Waals surface area contributed by atoms with Gasteiger partial charge in [0.1, 0.15) is 11.5 Å². The minimum Gasteiger partial charge on any atom is -0.480 e. The molecule has 204 valence electrons. The molecule has 2 rings (SSSR count). The number of esters is 2. The van der Waals surface area contributed by atoms with Crippen molar-refractivity contribution < 1.29 is 38.0 Å². The van der Waals surface area contributed by atoms with Crippen molar-refractivity contribution >= 4 is 58.3 Å². The van der Waals surface area contributed by atoms with Crippen molar-refractivity contribution in [3.63, 3.8) is 0 Å². The van der Waals surface area contributed by atoms with Gasteiger partial charge in [0.25, 0.3) is 0 Å².